The van der Waals surface area contributed by atoms with Crippen molar-refractivity contribution >= 4 is 21.8 Å². The summed E-state index contributed by atoms with van der Waals surface area (Å²) in [5, 5.41) is 0. The number of carbonyl (C=O) groups excluding carboxylic acids is 1. The number of amides is 1. The molecule has 1 saturated heterocycles. The lowest BCUT2D eigenvalue weighted by molar-refractivity contribution is -0.0231. The number of benzene rings is 1. The summed E-state index contributed by atoms with van der Waals surface area (Å²) in [6, 6.07) is 11.5. The summed E-state index contributed by atoms with van der Waals surface area (Å²) in [5.41, 5.74) is 1.69. The van der Waals surface area contributed by atoms with Gasteiger partial charge in [-0.05, 0) is 23.8 Å². The van der Waals surface area contributed by atoms with Gasteiger partial charge in [0, 0.05) is 23.4 Å². The molecule has 21 heavy (non-hydrogen) atoms. The van der Waals surface area contributed by atoms with Crippen molar-refractivity contribution < 1.29 is 9.53 Å². The highest BCUT2D eigenvalue weighted by Crippen LogP contribution is 2.29. The molecule has 2 aromatic rings. The summed E-state index contributed by atoms with van der Waals surface area (Å²) in [4.78, 5) is 18.3. The van der Waals surface area contributed by atoms with E-state index in [1.54, 1.807) is 24.5 Å². The van der Waals surface area contributed by atoms with Gasteiger partial charge in [-0.3, -0.25) is 9.78 Å². The predicted octanol–water partition coefficient (Wildman–Crippen LogP) is 3.06. The van der Waals surface area contributed by atoms with Crippen LogP contribution in [-0.2, 0) is 4.74 Å². The molecule has 1 aliphatic rings. The molecule has 0 bridgehead atoms. The van der Waals surface area contributed by atoms with Gasteiger partial charge in [0.1, 0.15) is 6.10 Å². The smallest absolute Gasteiger partial charge is 0.255 e. The Morgan fingerprint density at radius 3 is 2.90 bits per heavy atom. The van der Waals surface area contributed by atoms with Gasteiger partial charge in [0.15, 0.2) is 0 Å². The number of hydrogen-bond acceptors (Lipinski definition) is 3. The molecule has 1 unspecified atom stereocenters. The average Bonchev–Trinajstić information content (AvgIpc) is 2.55. The van der Waals surface area contributed by atoms with E-state index in [2.05, 4.69) is 20.9 Å². The minimum Gasteiger partial charge on any atom is -0.370 e. The van der Waals surface area contributed by atoms with E-state index in [1.807, 2.05) is 29.2 Å². The molecule has 1 aliphatic heterocycles. The fourth-order valence-electron chi connectivity index (χ4n) is 2.43. The number of halogens is 1. The molecule has 0 aliphatic carbocycles. The number of aromatic nitrogens is 1. The van der Waals surface area contributed by atoms with Crippen LogP contribution in [0.25, 0.3) is 0 Å². The molecular formula is C16H15BrN2O2. The van der Waals surface area contributed by atoms with E-state index in [-0.39, 0.29) is 12.0 Å². The van der Waals surface area contributed by atoms with Crippen LogP contribution in [0, 0.1) is 0 Å². The highest BCUT2D eigenvalue weighted by Gasteiger charge is 2.27. The molecule has 1 fully saturated rings. The fourth-order valence-corrected chi connectivity index (χ4v) is 2.97. The molecule has 0 N–H and O–H groups in total. The normalized spacial score (nSPS) is 18.5. The predicted molar refractivity (Wildman–Crippen MR) is 83.0 cm³/mol. The highest BCUT2D eigenvalue weighted by molar-refractivity contribution is 9.10. The lowest BCUT2D eigenvalue weighted by Crippen LogP contribution is -2.42. The van der Waals surface area contributed by atoms with Crippen molar-refractivity contribution in [3.8, 4) is 0 Å². The molecule has 1 aromatic carbocycles. The number of rotatable bonds is 2. The van der Waals surface area contributed by atoms with Crippen LogP contribution < -0.4 is 0 Å². The van der Waals surface area contributed by atoms with Crippen LogP contribution in [0.4, 0.5) is 0 Å². The summed E-state index contributed by atoms with van der Waals surface area (Å²) in [6.07, 6.45) is 3.17. The maximum Gasteiger partial charge on any atom is 0.255 e. The van der Waals surface area contributed by atoms with Gasteiger partial charge in [0.2, 0.25) is 0 Å². The topological polar surface area (TPSA) is 42.4 Å². The van der Waals surface area contributed by atoms with Crippen molar-refractivity contribution in [2.75, 3.05) is 19.7 Å². The lowest BCUT2D eigenvalue weighted by Gasteiger charge is -2.33. The third kappa shape index (κ3) is 3.14. The van der Waals surface area contributed by atoms with E-state index >= 15 is 0 Å². The third-order valence-corrected chi connectivity index (χ3v) is 4.24. The first-order valence-corrected chi connectivity index (χ1v) is 7.60. The zero-order chi connectivity index (χ0) is 14.7. The molecular weight excluding hydrogens is 332 g/mol. The Morgan fingerprint density at radius 2 is 2.14 bits per heavy atom. The molecule has 0 saturated carbocycles. The Bertz CT molecular complexity index is 633. The minimum absolute atomic E-state index is 0.00320. The molecule has 1 amide bonds. The van der Waals surface area contributed by atoms with Gasteiger partial charge in [-0.2, -0.15) is 0 Å². The van der Waals surface area contributed by atoms with E-state index in [0.29, 0.717) is 25.3 Å². The summed E-state index contributed by atoms with van der Waals surface area (Å²) in [7, 11) is 0. The SMILES string of the molecule is O=C(c1cccnc1)N1CCOC(c2ccccc2Br)C1. The molecule has 4 nitrogen and oxygen atoms in total. The first kappa shape index (κ1) is 14.2. The Morgan fingerprint density at radius 1 is 1.29 bits per heavy atom. The van der Waals surface area contributed by atoms with Gasteiger partial charge < -0.3 is 9.64 Å². The summed E-state index contributed by atoms with van der Waals surface area (Å²) < 4.78 is 6.83. The Kier molecular flexibility index (Phi) is 4.31. The Hall–Kier alpha value is -1.72. The monoisotopic (exact) mass is 346 g/mol. The molecule has 0 spiro atoms. The zero-order valence-electron chi connectivity index (χ0n) is 11.4. The van der Waals surface area contributed by atoms with E-state index < -0.39 is 0 Å². The second-order valence-corrected chi connectivity index (χ2v) is 5.73. The van der Waals surface area contributed by atoms with Crippen LogP contribution in [0.15, 0.2) is 53.3 Å². The van der Waals surface area contributed by atoms with Crippen molar-refractivity contribution in [2.45, 2.75) is 6.10 Å². The molecule has 1 aromatic heterocycles. The maximum absolute atomic E-state index is 12.5. The van der Waals surface area contributed by atoms with Crippen molar-refractivity contribution in [3.05, 3.63) is 64.4 Å². The summed E-state index contributed by atoms with van der Waals surface area (Å²) >= 11 is 3.54. The van der Waals surface area contributed by atoms with Crippen LogP contribution >= 0.6 is 15.9 Å². The lowest BCUT2D eigenvalue weighted by atomic mass is 10.1. The summed E-state index contributed by atoms with van der Waals surface area (Å²) in [6.45, 7) is 1.70. The number of pyridine rings is 1. The number of ether oxygens (including phenoxy) is 1. The molecule has 5 heteroatoms. The summed E-state index contributed by atoms with van der Waals surface area (Å²) in [5.74, 6) is 0.00320. The number of nitrogens with zero attached hydrogens (tertiary/aromatic N) is 2. The first-order chi connectivity index (χ1) is 10.3. The van der Waals surface area contributed by atoms with Gasteiger partial charge in [-0.15, -0.1) is 0 Å². The number of hydrogen-bond donors (Lipinski definition) is 0. The van der Waals surface area contributed by atoms with E-state index in [9.17, 15) is 4.79 Å². The van der Waals surface area contributed by atoms with E-state index in [1.165, 1.54) is 0 Å². The van der Waals surface area contributed by atoms with Gasteiger partial charge in [-0.25, -0.2) is 0 Å². The number of morpholine rings is 1. The van der Waals surface area contributed by atoms with E-state index in [4.69, 9.17) is 4.74 Å². The fraction of sp³-hybridized carbons (Fsp3) is 0.250. The van der Waals surface area contributed by atoms with Gasteiger partial charge in [0.25, 0.3) is 5.91 Å². The van der Waals surface area contributed by atoms with Crippen LogP contribution in [0.2, 0.25) is 0 Å². The van der Waals surface area contributed by atoms with Gasteiger partial charge >= 0.3 is 0 Å². The van der Waals surface area contributed by atoms with Crippen molar-refractivity contribution in [2.24, 2.45) is 0 Å². The van der Waals surface area contributed by atoms with Gasteiger partial charge in [-0.1, -0.05) is 34.1 Å². The van der Waals surface area contributed by atoms with Crippen LogP contribution in [0.5, 0.6) is 0 Å². The van der Waals surface area contributed by atoms with Crippen molar-refractivity contribution in [1.29, 1.82) is 0 Å². The maximum atomic E-state index is 12.5. The quantitative estimate of drug-likeness (QED) is 0.839. The molecule has 2 heterocycles. The molecule has 1 atom stereocenters. The molecule has 3 rings (SSSR count). The zero-order valence-corrected chi connectivity index (χ0v) is 13.0. The molecule has 108 valence electrons. The van der Waals surface area contributed by atoms with Crippen molar-refractivity contribution in [3.63, 3.8) is 0 Å². The Labute approximate surface area is 131 Å². The standard InChI is InChI=1S/C16H15BrN2O2/c17-14-6-2-1-5-13(14)15-11-19(8-9-21-15)16(20)12-4-3-7-18-10-12/h1-7,10,15H,8-9,11H2. The van der Waals surface area contributed by atoms with Crippen molar-refractivity contribution in [1.82, 2.24) is 9.88 Å². The molecule has 0 radical (unpaired) electrons. The third-order valence-electron chi connectivity index (χ3n) is 3.51. The van der Waals surface area contributed by atoms with Gasteiger partial charge in [0.05, 0.1) is 18.7 Å². The second-order valence-electron chi connectivity index (χ2n) is 4.87. The second kappa shape index (κ2) is 6.37. The Balaban J connectivity index is 1.77. The largest absolute Gasteiger partial charge is 0.370 e. The highest BCUT2D eigenvalue weighted by atomic mass is 79.9. The van der Waals surface area contributed by atoms with E-state index in [0.717, 1.165) is 10.0 Å². The average molecular weight is 347 g/mol. The van der Waals surface area contributed by atoms with Crippen LogP contribution in [-0.4, -0.2) is 35.5 Å². The number of carbonyl (C=O) groups is 1. The van der Waals surface area contributed by atoms with Crippen LogP contribution in [0.3, 0.4) is 0 Å². The van der Waals surface area contributed by atoms with Crippen LogP contribution in [0.1, 0.15) is 22.0 Å². The minimum atomic E-state index is -0.102. The first-order valence-electron chi connectivity index (χ1n) is 6.81.